The van der Waals surface area contributed by atoms with Crippen LogP contribution in [0.3, 0.4) is 0 Å². The Morgan fingerprint density at radius 3 is 2.59 bits per heavy atom. The molecule has 1 aliphatic rings. The number of hydrogen-bond donors (Lipinski definition) is 1. The minimum absolute atomic E-state index is 0.221. The average Bonchev–Trinajstić information content (AvgIpc) is 3.09. The maximum absolute atomic E-state index is 5.25. The highest BCUT2D eigenvalue weighted by Crippen LogP contribution is 2.46. The van der Waals surface area contributed by atoms with Crippen LogP contribution in [0.25, 0.3) is 11.3 Å². The molecule has 1 fully saturated rings. The van der Waals surface area contributed by atoms with Crippen LogP contribution in [0.4, 0.5) is 0 Å². The molecule has 0 amide bonds. The molecule has 1 aromatic carbocycles. The summed E-state index contributed by atoms with van der Waals surface area (Å²) in [5.74, 6) is 1.03. The summed E-state index contributed by atoms with van der Waals surface area (Å²) in [6, 6.07) is 12.2. The average molecular weight is 242 g/mol. The maximum Gasteiger partial charge on any atom is 0.130 e. The first-order chi connectivity index (χ1) is 8.17. The van der Waals surface area contributed by atoms with Gasteiger partial charge in [-0.2, -0.15) is 0 Å². The van der Waals surface area contributed by atoms with E-state index in [4.69, 9.17) is 12.2 Å². The zero-order valence-electron chi connectivity index (χ0n) is 9.73. The molecule has 0 bridgehead atoms. The Balaban J connectivity index is 2.12. The van der Waals surface area contributed by atoms with Crippen LogP contribution >= 0.6 is 12.2 Å². The van der Waals surface area contributed by atoms with Gasteiger partial charge in [0.1, 0.15) is 10.5 Å². The van der Waals surface area contributed by atoms with Gasteiger partial charge in [-0.1, -0.05) is 49.5 Å². The predicted octanol–water partition coefficient (Wildman–Crippen LogP) is 3.86. The number of H-pyrrole nitrogens is 1. The van der Waals surface area contributed by atoms with E-state index in [2.05, 4.69) is 29.0 Å². The minimum Gasteiger partial charge on any atom is -0.343 e. The standard InChI is InChI=1S/C14H14N2S/c1-14(7-8-14)13-15-11(9-12(17)16-13)10-5-3-2-4-6-10/h2-6,9H,7-8H2,1H3,(H,15,16,17). The summed E-state index contributed by atoms with van der Waals surface area (Å²) in [5, 5.41) is 0. The molecule has 0 aliphatic heterocycles. The largest absolute Gasteiger partial charge is 0.343 e. The van der Waals surface area contributed by atoms with Gasteiger partial charge in [0, 0.05) is 11.1 Å². The second-order valence-corrected chi connectivity index (χ2v) is 5.33. The second kappa shape index (κ2) is 3.77. The number of benzene rings is 1. The predicted molar refractivity (Wildman–Crippen MR) is 71.4 cm³/mol. The summed E-state index contributed by atoms with van der Waals surface area (Å²) in [6.07, 6.45) is 2.40. The van der Waals surface area contributed by atoms with E-state index in [9.17, 15) is 0 Å². The molecule has 0 spiro atoms. The molecule has 1 aliphatic carbocycles. The fourth-order valence-electron chi connectivity index (χ4n) is 1.94. The fourth-order valence-corrected chi connectivity index (χ4v) is 2.15. The third-order valence-electron chi connectivity index (χ3n) is 3.40. The van der Waals surface area contributed by atoms with Crippen LogP contribution in [0.2, 0.25) is 0 Å². The van der Waals surface area contributed by atoms with E-state index >= 15 is 0 Å². The maximum atomic E-state index is 5.25. The lowest BCUT2D eigenvalue weighted by molar-refractivity contribution is 0.708. The van der Waals surface area contributed by atoms with E-state index in [-0.39, 0.29) is 5.41 Å². The Kier molecular flexibility index (Phi) is 2.37. The highest BCUT2D eigenvalue weighted by Gasteiger charge is 2.41. The van der Waals surface area contributed by atoms with Crippen LogP contribution in [-0.4, -0.2) is 9.97 Å². The van der Waals surface area contributed by atoms with Crippen molar-refractivity contribution in [2.24, 2.45) is 0 Å². The quantitative estimate of drug-likeness (QED) is 0.810. The molecule has 0 radical (unpaired) electrons. The monoisotopic (exact) mass is 242 g/mol. The Hall–Kier alpha value is -1.48. The lowest BCUT2D eigenvalue weighted by atomic mass is 10.1. The third kappa shape index (κ3) is 2.03. The molecular weight excluding hydrogens is 228 g/mol. The van der Waals surface area contributed by atoms with Crippen molar-refractivity contribution in [3.8, 4) is 11.3 Å². The second-order valence-electron chi connectivity index (χ2n) is 4.91. The number of aromatic amines is 1. The van der Waals surface area contributed by atoms with E-state index in [1.807, 2.05) is 24.3 Å². The number of nitrogens with zero attached hydrogens (tertiary/aromatic N) is 1. The van der Waals surface area contributed by atoms with Crippen LogP contribution in [0, 0.1) is 4.64 Å². The van der Waals surface area contributed by atoms with Crippen molar-refractivity contribution in [2.75, 3.05) is 0 Å². The first kappa shape index (κ1) is 10.7. The van der Waals surface area contributed by atoms with E-state index in [1.54, 1.807) is 0 Å². The van der Waals surface area contributed by atoms with Gasteiger partial charge in [-0.05, 0) is 24.5 Å². The van der Waals surface area contributed by atoms with Crippen LogP contribution in [0.5, 0.6) is 0 Å². The Morgan fingerprint density at radius 1 is 1.24 bits per heavy atom. The molecule has 3 rings (SSSR count). The first-order valence-corrected chi connectivity index (χ1v) is 6.25. The number of nitrogens with one attached hydrogen (secondary N) is 1. The highest BCUT2D eigenvalue weighted by atomic mass is 32.1. The van der Waals surface area contributed by atoms with Gasteiger partial charge in [-0.3, -0.25) is 0 Å². The van der Waals surface area contributed by atoms with E-state index in [0.29, 0.717) is 4.64 Å². The molecule has 1 aromatic heterocycles. The molecule has 1 heterocycles. The van der Waals surface area contributed by atoms with Crippen LogP contribution in [0.1, 0.15) is 25.6 Å². The number of hydrogen-bond acceptors (Lipinski definition) is 2. The Labute approximate surface area is 106 Å². The molecule has 3 heteroatoms. The molecule has 86 valence electrons. The summed E-state index contributed by atoms with van der Waals surface area (Å²) in [4.78, 5) is 7.88. The smallest absolute Gasteiger partial charge is 0.130 e. The van der Waals surface area contributed by atoms with Crippen LogP contribution in [-0.2, 0) is 5.41 Å². The van der Waals surface area contributed by atoms with Gasteiger partial charge in [-0.25, -0.2) is 4.98 Å². The molecule has 0 unspecified atom stereocenters. The molecular formula is C14H14N2S. The summed E-state index contributed by atoms with van der Waals surface area (Å²) in [7, 11) is 0. The summed E-state index contributed by atoms with van der Waals surface area (Å²) >= 11 is 5.25. The molecule has 1 N–H and O–H groups in total. The summed E-state index contributed by atoms with van der Waals surface area (Å²) in [5.41, 5.74) is 2.44. The first-order valence-electron chi connectivity index (χ1n) is 5.85. The van der Waals surface area contributed by atoms with E-state index < -0.39 is 0 Å². The molecule has 2 nitrogen and oxygen atoms in total. The van der Waals surface area contributed by atoms with Gasteiger partial charge in [0.15, 0.2) is 0 Å². The molecule has 17 heavy (non-hydrogen) atoms. The zero-order chi connectivity index (χ0) is 11.9. The summed E-state index contributed by atoms with van der Waals surface area (Å²) in [6.45, 7) is 2.23. The molecule has 0 atom stereocenters. The van der Waals surface area contributed by atoms with Crippen molar-refractivity contribution in [3.05, 3.63) is 46.9 Å². The Morgan fingerprint density at radius 2 is 1.94 bits per heavy atom. The van der Waals surface area contributed by atoms with Gasteiger partial charge >= 0.3 is 0 Å². The molecule has 2 aromatic rings. The van der Waals surface area contributed by atoms with Crippen molar-refractivity contribution in [3.63, 3.8) is 0 Å². The third-order valence-corrected chi connectivity index (χ3v) is 3.61. The van der Waals surface area contributed by atoms with Crippen LogP contribution in [0.15, 0.2) is 36.4 Å². The summed E-state index contributed by atoms with van der Waals surface area (Å²) < 4.78 is 0.672. The lowest BCUT2D eigenvalue weighted by Crippen LogP contribution is -2.07. The van der Waals surface area contributed by atoms with Crippen molar-refractivity contribution >= 4 is 12.2 Å². The number of aromatic nitrogens is 2. The molecule has 1 saturated carbocycles. The SMILES string of the molecule is CC1(c2nc(=S)cc(-c3ccccc3)[nH]2)CC1. The van der Waals surface area contributed by atoms with Gasteiger partial charge in [-0.15, -0.1) is 0 Å². The van der Waals surface area contributed by atoms with E-state index in [1.165, 1.54) is 12.8 Å². The van der Waals surface area contributed by atoms with Gasteiger partial charge < -0.3 is 4.98 Å². The van der Waals surface area contributed by atoms with Crippen LogP contribution < -0.4 is 0 Å². The zero-order valence-corrected chi connectivity index (χ0v) is 10.6. The van der Waals surface area contributed by atoms with E-state index in [0.717, 1.165) is 17.1 Å². The highest BCUT2D eigenvalue weighted by molar-refractivity contribution is 7.71. The normalized spacial score (nSPS) is 16.8. The van der Waals surface area contributed by atoms with Crippen molar-refractivity contribution in [1.82, 2.24) is 9.97 Å². The van der Waals surface area contributed by atoms with Crippen molar-refractivity contribution < 1.29 is 0 Å². The van der Waals surface area contributed by atoms with Gasteiger partial charge in [0.25, 0.3) is 0 Å². The minimum atomic E-state index is 0.221. The van der Waals surface area contributed by atoms with Gasteiger partial charge in [0.05, 0.1) is 0 Å². The fraction of sp³-hybridized carbons (Fsp3) is 0.286. The van der Waals surface area contributed by atoms with Gasteiger partial charge in [0.2, 0.25) is 0 Å². The van der Waals surface area contributed by atoms with Crippen molar-refractivity contribution in [1.29, 1.82) is 0 Å². The number of rotatable bonds is 2. The topological polar surface area (TPSA) is 28.7 Å². The van der Waals surface area contributed by atoms with Crippen molar-refractivity contribution in [2.45, 2.75) is 25.2 Å². The Bertz CT molecular complexity index is 597. The molecule has 0 saturated heterocycles. The lowest BCUT2D eigenvalue weighted by Gasteiger charge is -2.10.